The maximum Gasteiger partial charge on any atom is 0.179 e. The topological polar surface area (TPSA) is 49.3 Å². The van der Waals surface area contributed by atoms with E-state index in [0.717, 1.165) is 5.56 Å². The van der Waals surface area contributed by atoms with Crippen LogP contribution in [-0.2, 0) is 0 Å². The fourth-order valence-corrected chi connectivity index (χ4v) is 1.67. The summed E-state index contributed by atoms with van der Waals surface area (Å²) in [5.41, 5.74) is 1.39. The third-order valence-electron chi connectivity index (χ3n) is 2.73. The second-order valence-electron chi connectivity index (χ2n) is 5.14. The predicted molar refractivity (Wildman–Crippen MR) is 69.3 cm³/mol. The van der Waals surface area contributed by atoms with Crippen molar-refractivity contribution in [1.29, 1.82) is 0 Å². The maximum atomic E-state index is 12.1. The molecule has 0 spiro atoms. The van der Waals surface area contributed by atoms with Crippen LogP contribution in [0, 0.1) is 6.92 Å². The molecular weight excluding hydrogens is 214 g/mol. The number of carbonyl (C=O) groups is 1. The Hall–Kier alpha value is -1.19. The van der Waals surface area contributed by atoms with Crippen LogP contribution in [0.2, 0.25) is 0 Å². The van der Waals surface area contributed by atoms with Crippen LogP contribution in [0.4, 0.5) is 0 Å². The zero-order valence-corrected chi connectivity index (χ0v) is 10.9. The van der Waals surface area contributed by atoms with Crippen LogP contribution in [0.15, 0.2) is 24.3 Å². The largest absolute Gasteiger partial charge is 0.394 e. The van der Waals surface area contributed by atoms with Crippen molar-refractivity contribution < 1.29 is 9.90 Å². The molecule has 0 aliphatic heterocycles. The first-order valence-electron chi connectivity index (χ1n) is 5.85. The molecule has 0 saturated heterocycles. The first-order valence-corrected chi connectivity index (χ1v) is 5.85. The molecule has 0 aliphatic carbocycles. The van der Waals surface area contributed by atoms with Crippen molar-refractivity contribution in [2.45, 2.75) is 39.3 Å². The number of aliphatic hydroxyl groups excluding tert-OH is 1. The van der Waals surface area contributed by atoms with E-state index in [2.05, 4.69) is 5.32 Å². The molecule has 1 unspecified atom stereocenters. The van der Waals surface area contributed by atoms with Gasteiger partial charge in [-0.15, -0.1) is 0 Å². The summed E-state index contributed by atoms with van der Waals surface area (Å²) in [5, 5.41) is 12.3. The van der Waals surface area contributed by atoms with E-state index in [-0.39, 0.29) is 18.4 Å². The number of rotatable bonds is 5. The molecule has 94 valence electrons. The second kappa shape index (κ2) is 5.43. The number of nitrogens with one attached hydrogen (secondary N) is 1. The fourth-order valence-electron chi connectivity index (χ4n) is 1.67. The summed E-state index contributed by atoms with van der Waals surface area (Å²) in [6.07, 6.45) is 0. The Labute approximate surface area is 103 Å². The minimum atomic E-state index is -0.445. The number of aryl methyl sites for hydroxylation is 1. The summed E-state index contributed by atoms with van der Waals surface area (Å²) >= 11 is 0. The second-order valence-corrected chi connectivity index (χ2v) is 5.14. The van der Waals surface area contributed by atoms with Crippen LogP contribution in [0.5, 0.6) is 0 Å². The molecule has 0 bridgehead atoms. The molecule has 1 aromatic rings. The zero-order chi connectivity index (χ0) is 13.1. The van der Waals surface area contributed by atoms with E-state index in [4.69, 9.17) is 5.11 Å². The first-order chi connectivity index (χ1) is 7.85. The predicted octanol–water partition coefficient (Wildman–Crippen LogP) is 1.93. The van der Waals surface area contributed by atoms with Crippen molar-refractivity contribution >= 4 is 5.78 Å². The summed E-state index contributed by atoms with van der Waals surface area (Å²) in [6, 6.07) is 7.22. The minimum absolute atomic E-state index is 0.00147. The van der Waals surface area contributed by atoms with Gasteiger partial charge in [0.25, 0.3) is 0 Å². The summed E-state index contributed by atoms with van der Waals surface area (Å²) in [6.45, 7) is 7.54. The van der Waals surface area contributed by atoms with E-state index in [1.54, 1.807) is 0 Å². The normalized spacial score (nSPS) is 13.5. The van der Waals surface area contributed by atoms with Gasteiger partial charge in [0.2, 0.25) is 0 Å². The Kier molecular flexibility index (Phi) is 4.43. The Morgan fingerprint density at radius 1 is 1.35 bits per heavy atom. The van der Waals surface area contributed by atoms with Crippen LogP contribution < -0.4 is 5.32 Å². The Morgan fingerprint density at radius 3 is 2.35 bits per heavy atom. The number of carbonyl (C=O) groups excluding carboxylic acids is 1. The highest BCUT2D eigenvalue weighted by molar-refractivity contribution is 5.99. The van der Waals surface area contributed by atoms with Crippen molar-refractivity contribution in [2.24, 2.45) is 0 Å². The van der Waals surface area contributed by atoms with Crippen molar-refractivity contribution in [3.63, 3.8) is 0 Å². The highest BCUT2D eigenvalue weighted by Gasteiger charge is 2.23. The van der Waals surface area contributed by atoms with Gasteiger partial charge in [0, 0.05) is 11.1 Å². The number of Topliss-reactive ketones (excluding diaryl/α,β-unsaturated/α-hetero) is 1. The highest BCUT2D eigenvalue weighted by Crippen LogP contribution is 2.09. The molecular formula is C14H21NO2. The van der Waals surface area contributed by atoms with Crippen LogP contribution in [-0.4, -0.2) is 29.1 Å². The molecule has 0 amide bonds. The average Bonchev–Trinajstić information content (AvgIpc) is 2.28. The molecule has 0 aliphatic rings. The Morgan fingerprint density at radius 2 is 1.88 bits per heavy atom. The number of benzene rings is 1. The summed E-state index contributed by atoms with van der Waals surface area (Å²) < 4.78 is 0. The fraction of sp³-hybridized carbons (Fsp3) is 0.500. The lowest BCUT2D eigenvalue weighted by molar-refractivity contribution is 0.0911. The molecule has 0 fully saturated rings. The van der Waals surface area contributed by atoms with E-state index in [9.17, 15) is 4.79 Å². The first kappa shape index (κ1) is 13.9. The van der Waals surface area contributed by atoms with E-state index >= 15 is 0 Å². The zero-order valence-electron chi connectivity index (χ0n) is 10.9. The van der Waals surface area contributed by atoms with Gasteiger partial charge < -0.3 is 10.4 Å². The molecule has 1 atom stereocenters. The Balaban J connectivity index is 2.73. The van der Waals surface area contributed by atoms with Gasteiger partial charge >= 0.3 is 0 Å². The van der Waals surface area contributed by atoms with Crippen LogP contribution in [0.3, 0.4) is 0 Å². The van der Waals surface area contributed by atoms with Crippen LogP contribution in [0.1, 0.15) is 36.7 Å². The number of hydrogen-bond donors (Lipinski definition) is 2. The molecule has 0 heterocycles. The monoisotopic (exact) mass is 235 g/mol. The number of hydrogen-bond acceptors (Lipinski definition) is 3. The number of ketones is 1. The molecule has 3 heteroatoms. The Bertz CT molecular complexity index is 382. The van der Waals surface area contributed by atoms with Crippen molar-refractivity contribution in [1.82, 2.24) is 5.32 Å². The van der Waals surface area contributed by atoms with Gasteiger partial charge in [-0.05, 0) is 27.7 Å². The lowest BCUT2D eigenvalue weighted by Crippen LogP contribution is -2.50. The van der Waals surface area contributed by atoms with Gasteiger partial charge in [-0.3, -0.25) is 4.79 Å². The molecule has 1 rings (SSSR count). The highest BCUT2D eigenvalue weighted by atomic mass is 16.3. The quantitative estimate of drug-likeness (QED) is 0.767. The lowest BCUT2D eigenvalue weighted by atomic mass is 10.00. The van der Waals surface area contributed by atoms with Crippen LogP contribution >= 0.6 is 0 Å². The minimum Gasteiger partial charge on any atom is -0.394 e. The summed E-state index contributed by atoms with van der Waals surface area (Å²) in [7, 11) is 0. The van der Waals surface area contributed by atoms with E-state index in [1.807, 2.05) is 52.0 Å². The molecule has 0 saturated carbocycles. The van der Waals surface area contributed by atoms with E-state index in [0.29, 0.717) is 5.56 Å². The van der Waals surface area contributed by atoms with Gasteiger partial charge in [0.05, 0.1) is 12.6 Å². The SMILES string of the molecule is Cc1ccc(C(=O)C(C)NC(C)(C)CO)cc1. The van der Waals surface area contributed by atoms with Gasteiger partial charge in [0.1, 0.15) is 0 Å². The van der Waals surface area contributed by atoms with Crippen LogP contribution in [0.25, 0.3) is 0 Å². The average molecular weight is 235 g/mol. The molecule has 2 N–H and O–H groups in total. The van der Waals surface area contributed by atoms with Crippen molar-refractivity contribution in [3.8, 4) is 0 Å². The third kappa shape index (κ3) is 3.95. The standard InChI is InChI=1S/C14H21NO2/c1-10-5-7-12(8-6-10)13(17)11(2)15-14(3,4)9-16/h5-8,11,15-16H,9H2,1-4H3. The molecule has 17 heavy (non-hydrogen) atoms. The van der Waals surface area contributed by atoms with Gasteiger partial charge in [0.15, 0.2) is 5.78 Å². The van der Waals surface area contributed by atoms with Gasteiger partial charge in [-0.2, -0.15) is 0 Å². The molecule has 0 aromatic heterocycles. The maximum absolute atomic E-state index is 12.1. The smallest absolute Gasteiger partial charge is 0.179 e. The molecule has 1 aromatic carbocycles. The summed E-state index contributed by atoms with van der Waals surface area (Å²) in [4.78, 5) is 12.1. The lowest BCUT2D eigenvalue weighted by Gasteiger charge is -2.27. The van der Waals surface area contributed by atoms with E-state index < -0.39 is 5.54 Å². The third-order valence-corrected chi connectivity index (χ3v) is 2.73. The van der Waals surface area contributed by atoms with E-state index in [1.165, 1.54) is 0 Å². The number of aliphatic hydroxyl groups is 1. The molecule has 3 nitrogen and oxygen atoms in total. The summed E-state index contributed by atoms with van der Waals surface area (Å²) in [5.74, 6) is 0.0477. The van der Waals surface area contributed by atoms with Crippen molar-refractivity contribution in [3.05, 3.63) is 35.4 Å². The van der Waals surface area contributed by atoms with Crippen molar-refractivity contribution in [2.75, 3.05) is 6.61 Å². The van der Waals surface area contributed by atoms with Gasteiger partial charge in [-0.1, -0.05) is 29.8 Å². The van der Waals surface area contributed by atoms with Gasteiger partial charge in [-0.25, -0.2) is 0 Å². The molecule has 0 radical (unpaired) electrons.